The zero-order valence-electron chi connectivity index (χ0n) is 11.6. The maximum atomic E-state index is 11.8. The summed E-state index contributed by atoms with van der Waals surface area (Å²) in [4.78, 5) is 11.8. The van der Waals surface area contributed by atoms with Crippen molar-refractivity contribution in [1.82, 2.24) is 0 Å². The van der Waals surface area contributed by atoms with Gasteiger partial charge in [0, 0.05) is 22.3 Å². The molecule has 1 aliphatic rings. The number of benzene rings is 2. The molecule has 0 bridgehead atoms. The van der Waals surface area contributed by atoms with Gasteiger partial charge < -0.3 is 10.6 Å². The molecule has 0 saturated carbocycles. The lowest BCUT2D eigenvalue weighted by Gasteiger charge is -2.25. The van der Waals surface area contributed by atoms with Crippen LogP contribution in [0.4, 0.5) is 11.4 Å². The zero-order chi connectivity index (χ0) is 14.7. The number of hydrogen-bond acceptors (Lipinski definition) is 2. The van der Waals surface area contributed by atoms with E-state index in [9.17, 15) is 4.79 Å². The van der Waals surface area contributed by atoms with Crippen molar-refractivity contribution in [1.29, 1.82) is 0 Å². The molecule has 21 heavy (non-hydrogen) atoms. The van der Waals surface area contributed by atoms with Crippen LogP contribution in [0.2, 0.25) is 0 Å². The minimum Gasteiger partial charge on any atom is -0.378 e. The second-order valence-corrected chi connectivity index (χ2v) is 6.15. The molecular weight excluding hydrogens is 328 g/mol. The maximum absolute atomic E-state index is 11.8. The van der Waals surface area contributed by atoms with Crippen molar-refractivity contribution in [3.63, 3.8) is 0 Å². The summed E-state index contributed by atoms with van der Waals surface area (Å²) in [6.07, 6.45) is 2.40. The van der Waals surface area contributed by atoms with Crippen LogP contribution in [0.3, 0.4) is 0 Å². The number of carbonyl (C=O) groups is 1. The Hall–Kier alpha value is -1.81. The predicted octanol–water partition coefficient (Wildman–Crippen LogP) is 4.72. The zero-order valence-corrected chi connectivity index (χ0v) is 13.2. The van der Waals surface area contributed by atoms with E-state index in [0.29, 0.717) is 6.42 Å². The number of para-hydroxylation sites is 1. The molecule has 0 spiro atoms. The Morgan fingerprint density at radius 1 is 1.10 bits per heavy atom. The second-order valence-electron chi connectivity index (χ2n) is 5.23. The summed E-state index contributed by atoms with van der Waals surface area (Å²) in [5, 5.41) is 6.58. The van der Waals surface area contributed by atoms with Gasteiger partial charge in [-0.05, 0) is 48.7 Å². The highest BCUT2D eigenvalue weighted by atomic mass is 79.9. The molecular formula is C17H17BrN2O. The minimum atomic E-state index is 0.101. The van der Waals surface area contributed by atoms with Gasteiger partial charge in [0.2, 0.25) is 5.91 Å². The molecule has 3 rings (SSSR count). The van der Waals surface area contributed by atoms with Crippen LogP contribution in [0.5, 0.6) is 0 Å². The van der Waals surface area contributed by atoms with Crippen LogP contribution in [-0.2, 0) is 4.79 Å². The molecule has 4 heteroatoms. The fraction of sp³-hybridized carbons (Fsp3) is 0.235. The second kappa shape index (κ2) is 6.31. The standard InChI is InChI=1S/C17H17BrN2O/c18-12-8-10-13(11-9-12)19-15-6-3-7-17(21)20-16-5-2-1-4-14(15)16/h1-2,4-5,8-11,15,19H,3,6-7H2,(H,20,21). The van der Waals surface area contributed by atoms with Gasteiger partial charge in [-0.25, -0.2) is 0 Å². The van der Waals surface area contributed by atoms with E-state index in [1.807, 2.05) is 30.3 Å². The Morgan fingerprint density at radius 3 is 2.67 bits per heavy atom. The number of amides is 1. The minimum absolute atomic E-state index is 0.101. The van der Waals surface area contributed by atoms with Gasteiger partial charge >= 0.3 is 0 Å². The Morgan fingerprint density at radius 2 is 1.86 bits per heavy atom. The summed E-state index contributed by atoms with van der Waals surface area (Å²) < 4.78 is 1.07. The first kappa shape index (κ1) is 14.1. The SMILES string of the molecule is O=C1CCCC(Nc2ccc(Br)cc2)c2ccccc2N1. The molecule has 2 aromatic rings. The highest BCUT2D eigenvalue weighted by molar-refractivity contribution is 9.10. The Balaban J connectivity index is 1.89. The summed E-state index contributed by atoms with van der Waals surface area (Å²) in [6.45, 7) is 0. The van der Waals surface area contributed by atoms with E-state index in [1.54, 1.807) is 0 Å². The number of rotatable bonds is 2. The number of fused-ring (bicyclic) bond motifs is 1. The van der Waals surface area contributed by atoms with Crippen LogP contribution in [0.1, 0.15) is 30.9 Å². The summed E-state index contributed by atoms with van der Waals surface area (Å²) in [5.41, 5.74) is 3.15. The molecule has 1 atom stereocenters. The third-order valence-corrected chi connectivity index (χ3v) is 4.22. The highest BCUT2D eigenvalue weighted by Crippen LogP contribution is 2.32. The van der Waals surface area contributed by atoms with E-state index in [0.717, 1.165) is 34.3 Å². The van der Waals surface area contributed by atoms with Crippen molar-refractivity contribution in [3.05, 3.63) is 58.6 Å². The van der Waals surface area contributed by atoms with Gasteiger partial charge in [-0.2, -0.15) is 0 Å². The molecule has 1 unspecified atom stereocenters. The largest absolute Gasteiger partial charge is 0.378 e. The number of hydrogen-bond donors (Lipinski definition) is 2. The van der Waals surface area contributed by atoms with E-state index in [-0.39, 0.29) is 11.9 Å². The van der Waals surface area contributed by atoms with E-state index in [1.165, 1.54) is 0 Å². The topological polar surface area (TPSA) is 41.1 Å². The van der Waals surface area contributed by atoms with Crippen molar-refractivity contribution >= 4 is 33.2 Å². The Labute approximate surface area is 132 Å². The lowest BCUT2D eigenvalue weighted by molar-refractivity contribution is -0.116. The third-order valence-electron chi connectivity index (χ3n) is 3.69. The first-order valence-corrected chi connectivity index (χ1v) is 7.92. The first-order chi connectivity index (χ1) is 10.2. The van der Waals surface area contributed by atoms with Gasteiger partial charge in [-0.3, -0.25) is 4.79 Å². The van der Waals surface area contributed by atoms with Crippen molar-refractivity contribution in [3.8, 4) is 0 Å². The van der Waals surface area contributed by atoms with Gasteiger partial charge in [0.25, 0.3) is 0 Å². The molecule has 0 fully saturated rings. The fourth-order valence-electron chi connectivity index (χ4n) is 2.65. The molecule has 3 nitrogen and oxygen atoms in total. The first-order valence-electron chi connectivity index (χ1n) is 7.13. The average Bonchev–Trinajstić information content (AvgIpc) is 2.47. The van der Waals surface area contributed by atoms with E-state index in [4.69, 9.17) is 0 Å². The fourth-order valence-corrected chi connectivity index (χ4v) is 2.91. The van der Waals surface area contributed by atoms with Crippen LogP contribution >= 0.6 is 15.9 Å². The number of anilines is 2. The molecule has 2 aromatic carbocycles. The van der Waals surface area contributed by atoms with Crippen molar-refractivity contribution in [2.45, 2.75) is 25.3 Å². The van der Waals surface area contributed by atoms with Gasteiger partial charge in [0.15, 0.2) is 0 Å². The van der Waals surface area contributed by atoms with Crippen molar-refractivity contribution in [2.24, 2.45) is 0 Å². The normalized spacial score (nSPS) is 18.1. The van der Waals surface area contributed by atoms with Gasteiger partial charge in [-0.1, -0.05) is 34.1 Å². The van der Waals surface area contributed by atoms with Crippen LogP contribution in [0, 0.1) is 0 Å². The Kier molecular flexibility index (Phi) is 4.25. The molecule has 0 aromatic heterocycles. The molecule has 1 amide bonds. The smallest absolute Gasteiger partial charge is 0.224 e. The van der Waals surface area contributed by atoms with E-state index < -0.39 is 0 Å². The number of nitrogens with one attached hydrogen (secondary N) is 2. The van der Waals surface area contributed by atoms with E-state index >= 15 is 0 Å². The molecule has 1 aliphatic heterocycles. The van der Waals surface area contributed by atoms with Crippen molar-refractivity contribution < 1.29 is 4.79 Å². The Bertz CT molecular complexity index is 639. The lowest BCUT2D eigenvalue weighted by Crippen LogP contribution is -2.20. The highest BCUT2D eigenvalue weighted by Gasteiger charge is 2.19. The average molecular weight is 345 g/mol. The molecule has 0 saturated heterocycles. The van der Waals surface area contributed by atoms with Crippen LogP contribution < -0.4 is 10.6 Å². The van der Waals surface area contributed by atoms with Crippen LogP contribution in [0.15, 0.2) is 53.0 Å². The molecule has 108 valence electrons. The van der Waals surface area contributed by atoms with Crippen LogP contribution in [0.25, 0.3) is 0 Å². The lowest BCUT2D eigenvalue weighted by atomic mass is 9.96. The summed E-state index contributed by atoms with van der Waals surface area (Å²) in [5.74, 6) is 0.101. The van der Waals surface area contributed by atoms with E-state index in [2.05, 4.69) is 44.8 Å². The quantitative estimate of drug-likeness (QED) is 0.827. The maximum Gasteiger partial charge on any atom is 0.224 e. The molecule has 2 N–H and O–H groups in total. The van der Waals surface area contributed by atoms with Gasteiger partial charge in [0.1, 0.15) is 0 Å². The molecule has 0 radical (unpaired) electrons. The molecule has 1 heterocycles. The van der Waals surface area contributed by atoms with Gasteiger partial charge in [-0.15, -0.1) is 0 Å². The van der Waals surface area contributed by atoms with Gasteiger partial charge in [0.05, 0.1) is 6.04 Å². The van der Waals surface area contributed by atoms with Crippen LogP contribution in [-0.4, -0.2) is 5.91 Å². The predicted molar refractivity (Wildman–Crippen MR) is 89.4 cm³/mol. The molecule has 0 aliphatic carbocycles. The third kappa shape index (κ3) is 3.45. The van der Waals surface area contributed by atoms with Crippen molar-refractivity contribution in [2.75, 3.05) is 10.6 Å². The summed E-state index contributed by atoms with van der Waals surface area (Å²) >= 11 is 3.45. The number of carbonyl (C=O) groups excluding carboxylic acids is 1. The summed E-state index contributed by atoms with van der Waals surface area (Å²) in [6, 6.07) is 16.4. The number of halogens is 1. The summed E-state index contributed by atoms with van der Waals surface area (Å²) in [7, 11) is 0. The monoisotopic (exact) mass is 344 g/mol.